The lowest BCUT2D eigenvalue weighted by molar-refractivity contribution is -0.115. The Bertz CT molecular complexity index is 972. The number of aliphatic imine (C=N–C) groups is 1. The second-order valence-corrected chi connectivity index (χ2v) is 9.02. The van der Waals surface area contributed by atoms with E-state index in [1.165, 1.54) is 11.1 Å². The molecule has 0 aliphatic carbocycles. The minimum atomic E-state index is -0.308. The highest BCUT2D eigenvalue weighted by Gasteiger charge is 2.39. The molecular formula is C24H28N2O2. The Balaban J connectivity index is 1.95. The van der Waals surface area contributed by atoms with Crippen molar-refractivity contribution in [2.45, 2.75) is 65.0 Å². The molecule has 1 amide bonds. The SMILES string of the molecule is CCC(=O)Nc1cc2c(c3c1OC(C)(C)C3)C(c1ccccc1)=NC(C)(C)C2. The van der Waals surface area contributed by atoms with Gasteiger partial charge in [0.1, 0.15) is 11.4 Å². The van der Waals surface area contributed by atoms with Gasteiger partial charge in [-0.1, -0.05) is 37.3 Å². The topological polar surface area (TPSA) is 50.7 Å². The third-order valence-corrected chi connectivity index (χ3v) is 5.36. The highest BCUT2D eigenvalue weighted by molar-refractivity contribution is 6.16. The van der Waals surface area contributed by atoms with Gasteiger partial charge in [-0.2, -0.15) is 0 Å². The zero-order valence-corrected chi connectivity index (χ0v) is 17.3. The van der Waals surface area contributed by atoms with Crippen molar-refractivity contribution in [1.82, 2.24) is 0 Å². The van der Waals surface area contributed by atoms with Crippen LogP contribution in [0.1, 0.15) is 63.3 Å². The first-order valence-electron chi connectivity index (χ1n) is 10.0. The average Bonchev–Trinajstić information content (AvgIpc) is 2.96. The van der Waals surface area contributed by atoms with Crippen LogP contribution in [0.25, 0.3) is 0 Å². The quantitative estimate of drug-likeness (QED) is 0.826. The molecule has 0 spiro atoms. The molecule has 2 heterocycles. The van der Waals surface area contributed by atoms with Crippen molar-refractivity contribution in [3.05, 3.63) is 58.7 Å². The first-order valence-corrected chi connectivity index (χ1v) is 10.0. The van der Waals surface area contributed by atoms with Gasteiger partial charge in [0.25, 0.3) is 0 Å². The minimum absolute atomic E-state index is 0.00229. The van der Waals surface area contributed by atoms with Crippen molar-refractivity contribution >= 4 is 17.3 Å². The predicted octanol–water partition coefficient (Wildman–Crippen LogP) is 4.92. The summed E-state index contributed by atoms with van der Waals surface area (Å²) < 4.78 is 6.30. The largest absolute Gasteiger partial charge is 0.485 e. The standard InChI is InChI=1S/C24H28N2O2/c1-6-19(27)25-18-12-16-13-23(2,3)26-21(15-10-8-7-9-11-15)20(16)17-14-24(4,5)28-22(17)18/h7-12H,6,13-14H2,1-5H3,(H,25,27). The van der Waals surface area contributed by atoms with Crippen LogP contribution in [0.5, 0.6) is 5.75 Å². The fraction of sp³-hybridized carbons (Fsp3) is 0.417. The lowest BCUT2D eigenvalue weighted by Gasteiger charge is -2.31. The van der Waals surface area contributed by atoms with Crippen LogP contribution in [-0.4, -0.2) is 22.8 Å². The van der Waals surface area contributed by atoms with Gasteiger partial charge in [-0.25, -0.2) is 0 Å². The summed E-state index contributed by atoms with van der Waals surface area (Å²) in [5.41, 5.74) is 5.99. The molecule has 2 aromatic rings. The molecule has 0 aromatic heterocycles. The average molecular weight is 377 g/mol. The van der Waals surface area contributed by atoms with E-state index in [0.717, 1.165) is 41.1 Å². The van der Waals surface area contributed by atoms with Gasteiger partial charge in [-0.15, -0.1) is 0 Å². The monoisotopic (exact) mass is 376 g/mol. The molecule has 0 bridgehead atoms. The van der Waals surface area contributed by atoms with Crippen molar-refractivity contribution < 1.29 is 9.53 Å². The first-order chi connectivity index (χ1) is 13.2. The number of carbonyl (C=O) groups is 1. The maximum Gasteiger partial charge on any atom is 0.224 e. The molecule has 0 unspecified atom stereocenters. The van der Waals surface area contributed by atoms with Gasteiger partial charge in [-0.3, -0.25) is 9.79 Å². The number of carbonyl (C=O) groups excluding carboxylic acids is 1. The Hall–Kier alpha value is -2.62. The molecule has 4 rings (SSSR count). The Labute approximate surface area is 167 Å². The molecule has 2 aliphatic heterocycles. The van der Waals surface area contributed by atoms with E-state index in [4.69, 9.17) is 9.73 Å². The normalized spacial score (nSPS) is 18.5. The number of nitrogens with zero attached hydrogens (tertiary/aromatic N) is 1. The number of hydrogen-bond donors (Lipinski definition) is 1. The predicted molar refractivity (Wildman–Crippen MR) is 114 cm³/mol. The van der Waals surface area contributed by atoms with Crippen LogP contribution in [-0.2, 0) is 17.6 Å². The lowest BCUT2D eigenvalue weighted by atomic mass is 9.80. The molecule has 0 saturated heterocycles. The molecule has 4 nitrogen and oxygen atoms in total. The summed E-state index contributed by atoms with van der Waals surface area (Å²) in [6, 6.07) is 12.5. The summed E-state index contributed by atoms with van der Waals surface area (Å²) in [6.45, 7) is 10.4. The third kappa shape index (κ3) is 3.32. The highest BCUT2D eigenvalue weighted by atomic mass is 16.5. The Morgan fingerprint density at radius 2 is 1.86 bits per heavy atom. The van der Waals surface area contributed by atoms with Gasteiger partial charge in [-0.05, 0) is 45.7 Å². The van der Waals surface area contributed by atoms with E-state index in [0.29, 0.717) is 6.42 Å². The van der Waals surface area contributed by atoms with Gasteiger partial charge < -0.3 is 10.1 Å². The lowest BCUT2D eigenvalue weighted by Crippen LogP contribution is -2.30. The molecule has 0 fully saturated rings. The van der Waals surface area contributed by atoms with Crippen LogP contribution < -0.4 is 10.1 Å². The second kappa shape index (κ2) is 6.47. The van der Waals surface area contributed by atoms with E-state index in [9.17, 15) is 4.79 Å². The van der Waals surface area contributed by atoms with E-state index >= 15 is 0 Å². The fourth-order valence-corrected chi connectivity index (χ4v) is 4.24. The van der Waals surface area contributed by atoms with Crippen molar-refractivity contribution in [1.29, 1.82) is 0 Å². The molecule has 0 atom stereocenters. The van der Waals surface area contributed by atoms with E-state index in [-0.39, 0.29) is 17.0 Å². The van der Waals surface area contributed by atoms with Crippen molar-refractivity contribution in [3.63, 3.8) is 0 Å². The highest BCUT2D eigenvalue weighted by Crippen LogP contribution is 2.47. The Morgan fingerprint density at radius 1 is 1.14 bits per heavy atom. The molecular weight excluding hydrogens is 348 g/mol. The number of benzene rings is 2. The second-order valence-electron chi connectivity index (χ2n) is 9.02. The zero-order valence-electron chi connectivity index (χ0n) is 17.3. The summed E-state index contributed by atoms with van der Waals surface area (Å²) in [5.74, 6) is 0.802. The van der Waals surface area contributed by atoms with Gasteiger partial charge in [0, 0.05) is 29.5 Å². The summed E-state index contributed by atoms with van der Waals surface area (Å²) >= 11 is 0. The van der Waals surface area contributed by atoms with Crippen LogP contribution in [0.15, 0.2) is 41.4 Å². The number of ether oxygens (including phenoxy) is 1. The van der Waals surface area contributed by atoms with Crippen molar-refractivity contribution in [2.75, 3.05) is 5.32 Å². The van der Waals surface area contributed by atoms with E-state index in [2.05, 4.69) is 63.3 Å². The van der Waals surface area contributed by atoms with Gasteiger partial charge >= 0.3 is 0 Å². The van der Waals surface area contributed by atoms with Gasteiger partial charge in [0.05, 0.1) is 16.9 Å². The molecule has 2 aliphatic rings. The number of hydrogen-bond acceptors (Lipinski definition) is 3. The molecule has 146 valence electrons. The van der Waals surface area contributed by atoms with E-state index < -0.39 is 0 Å². The van der Waals surface area contributed by atoms with Gasteiger partial charge in [0.15, 0.2) is 0 Å². The summed E-state index contributed by atoms with van der Waals surface area (Å²) in [6.07, 6.45) is 2.08. The van der Waals surface area contributed by atoms with Crippen LogP contribution in [0.2, 0.25) is 0 Å². The van der Waals surface area contributed by atoms with Gasteiger partial charge in [0.2, 0.25) is 5.91 Å². The molecule has 0 radical (unpaired) electrons. The summed E-state index contributed by atoms with van der Waals surface area (Å²) in [4.78, 5) is 17.3. The maximum absolute atomic E-state index is 12.1. The minimum Gasteiger partial charge on any atom is -0.485 e. The van der Waals surface area contributed by atoms with Crippen LogP contribution in [0.4, 0.5) is 5.69 Å². The molecule has 28 heavy (non-hydrogen) atoms. The zero-order chi connectivity index (χ0) is 20.1. The Morgan fingerprint density at radius 3 is 2.54 bits per heavy atom. The van der Waals surface area contributed by atoms with Crippen LogP contribution in [0.3, 0.4) is 0 Å². The van der Waals surface area contributed by atoms with E-state index in [1.54, 1.807) is 0 Å². The molecule has 1 N–H and O–H groups in total. The van der Waals surface area contributed by atoms with Crippen LogP contribution in [0, 0.1) is 0 Å². The molecule has 2 aromatic carbocycles. The number of rotatable bonds is 3. The number of nitrogens with one attached hydrogen (secondary N) is 1. The molecule has 4 heteroatoms. The van der Waals surface area contributed by atoms with Crippen LogP contribution >= 0.6 is 0 Å². The number of anilines is 1. The number of amides is 1. The Kier molecular flexibility index (Phi) is 4.33. The maximum atomic E-state index is 12.1. The number of fused-ring (bicyclic) bond motifs is 3. The summed E-state index contributed by atoms with van der Waals surface area (Å²) in [5, 5.41) is 3.06. The summed E-state index contributed by atoms with van der Waals surface area (Å²) in [7, 11) is 0. The smallest absolute Gasteiger partial charge is 0.224 e. The fourth-order valence-electron chi connectivity index (χ4n) is 4.24. The first kappa shape index (κ1) is 18.7. The molecule has 0 saturated carbocycles. The third-order valence-electron chi connectivity index (χ3n) is 5.36. The van der Waals surface area contributed by atoms with Crippen molar-refractivity contribution in [2.24, 2.45) is 4.99 Å². The van der Waals surface area contributed by atoms with Crippen molar-refractivity contribution in [3.8, 4) is 5.75 Å². The van der Waals surface area contributed by atoms with E-state index in [1.807, 2.05) is 13.0 Å².